The van der Waals surface area contributed by atoms with Crippen LogP contribution in [0.1, 0.15) is 21.3 Å². The molecule has 1 fully saturated rings. The summed E-state index contributed by atoms with van der Waals surface area (Å²) < 4.78 is 0. The number of hydrogen-bond donors (Lipinski definition) is 1. The van der Waals surface area contributed by atoms with Crippen molar-refractivity contribution in [1.29, 1.82) is 0 Å². The van der Waals surface area contributed by atoms with Gasteiger partial charge in [0.05, 0.1) is 0 Å². The van der Waals surface area contributed by atoms with Gasteiger partial charge >= 0.3 is 0 Å². The van der Waals surface area contributed by atoms with Gasteiger partial charge in [0.1, 0.15) is 0 Å². The lowest BCUT2D eigenvalue weighted by Gasteiger charge is -2.09. The van der Waals surface area contributed by atoms with Crippen LogP contribution in [0.3, 0.4) is 0 Å². The summed E-state index contributed by atoms with van der Waals surface area (Å²) in [5.74, 6) is 0. The predicted molar refractivity (Wildman–Crippen MR) is 30.9 cm³/mol. The van der Waals surface area contributed by atoms with Crippen molar-refractivity contribution in [3.8, 4) is 0 Å². The van der Waals surface area contributed by atoms with Crippen molar-refractivity contribution in [3.05, 3.63) is 0 Å². The van der Waals surface area contributed by atoms with Crippen LogP contribution in [-0.2, 0) is 0 Å². The lowest BCUT2D eigenvalue weighted by Crippen LogP contribution is -2.29. The summed E-state index contributed by atoms with van der Waals surface area (Å²) in [7, 11) is 0. The van der Waals surface area contributed by atoms with E-state index in [4.69, 9.17) is 0 Å². The van der Waals surface area contributed by atoms with Crippen molar-refractivity contribution in [3.63, 3.8) is 0 Å². The summed E-state index contributed by atoms with van der Waals surface area (Å²) in [6, 6.07) is 0. The Bertz CT molecular complexity index is 11.9. The molecule has 1 aliphatic rings. The van der Waals surface area contributed by atoms with Crippen molar-refractivity contribution in [2.75, 3.05) is 13.1 Å². The van der Waals surface area contributed by atoms with Gasteiger partial charge in [-0.1, -0.05) is 14.9 Å². The Morgan fingerprint density at radius 2 is 1.17 bits per heavy atom. The first-order valence-corrected chi connectivity index (χ1v) is 1.71. The summed E-state index contributed by atoms with van der Waals surface area (Å²) in [5, 5.41) is 3.11. The summed E-state index contributed by atoms with van der Waals surface area (Å²) in [4.78, 5) is 0. The number of nitrogens with one attached hydrogen (secondary N) is 1. The van der Waals surface area contributed by atoms with Gasteiger partial charge in [-0.15, -0.1) is 0 Å². The Morgan fingerprint density at radius 3 is 1.17 bits per heavy atom. The van der Waals surface area contributed by atoms with Crippen LogP contribution in [0.5, 0.6) is 0 Å². The van der Waals surface area contributed by atoms with Gasteiger partial charge in [-0.2, -0.15) is 0 Å². The Labute approximate surface area is 40.8 Å². The third kappa shape index (κ3) is 2.21. The van der Waals surface area contributed by atoms with E-state index in [2.05, 4.69) is 5.32 Å². The Hall–Kier alpha value is -0.0400. The average Bonchev–Trinajstić information content (AvgIpc) is 0.722. The van der Waals surface area contributed by atoms with E-state index in [0.717, 1.165) is 0 Å². The molecule has 0 radical (unpaired) electrons. The minimum atomic E-state index is 0. The van der Waals surface area contributed by atoms with Gasteiger partial charge < -0.3 is 5.32 Å². The standard InChI is InChI=1S/C3H7N.2CH4/c1-2-4-3-1;;/h4H,1-3H2;2*1H4. The van der Waals surface area contributed by atoms with Gasteiger partial charge in [0, 0.05) is 0 Å². The molecule has 1 heterocycles. The molecule has 0 spiro atoms. The smallest absolute Gasteiger partial charge is 0.00368 e. The lowest BCUT2D eigenvalue weighted by molar-refractivity contribution is 0.527. The Morgan fingerprint density at radius 1 is 1.00 bits per heavy atom. The van der Waals surface area contributed by atoms with Gasteiger partial charge in [0.15, 0.2) is 0 Å². The van der Waals surface area contributed by atoms with Gasteiger partial charge in [0.2, 0.25) is 0 Å². The summed E-state index contributed by atoms with van der Waals surface area (Å²) in [6.07, 6.45) is 1.39. The molecule has 0 aromatic rings. The second-order valence-electron chi connectivity index (χ2n) is 1.10. The van der Waals surface area contributed by atoms with Crippen LogP contribution < -0.4 is 5.32 Å². The van der Waals surface area contributed by atoms with Crippen molar-refractivity contribution in [2.45, 2.75) is 21.3 Å². The maximum Gasteiger partial charge on any atom is -0.00368 e. The zero-order valence-electron chi connectivity index (χ0n) is 2.62. The van der Waals surface area contributed by atoms with E-state index in [1.54, 1.807) is 0 Å². The molecule has 0 aromatic heterocycles. The van der Waals surface area contributed by atoms with Gasteiger partial charge in [-0.05, 0) is 19.5 Å². The zero-order valence-corrected chi connectivity index (χ0v) is 2.62. The summed E-state index contributed by atoms with van der Waals surface area (Å²) in [5.41, 5.74) is 0. The molecule has 0 unspecified atom stereocenters. The van der Waals surface area contributed by atoms with Gasteiger partial charge in [-0.3, -0.25) is 0 Å². The predicted octanol–water partition coefficient (Wildman–Crippen LogP) is 1.25. The highest BCUT2D eigenvalue weighted by molar-refractivity contribution is 4.56. The van der Waals surface area contributed by atoms with Crippen LogP contribution in [-0.4, -0.2) is 13.1 Å². The van der Waals surface area contributed by atoms with E-state index in [1.165, 1.54) is 19.5 Å². The molecule has 40 valence electrons. The molecular weight excluding hydrogens is 74.1 g/mol. The fraction of sp³-hybridized carbons (Fsp3) is 1.00. The molecule has 0 aliphatic carbocycles. The molecule has 0 bridgehead atoms. The number of hydrogen-bond acceptors (Lipinski definition) is 1. The monoisotopic (exact) mass is 89.1 g/mol. The van der Waals surface area contributed by atoms with Crippen molar-refractivity contribution in [1.82, 2.24) is 5.32 Å². The summed E-state index contributed by atoms with van der Waals surface area (Å²) >= 11 is 0. The fourth-order valence-electron chi connectivity index (χ4n) is 0.177. The first-order chi connectivity index (χ1) is 2.00. The first kappa shape index (κ1) is 9.35. The van der Waals surface area contributed by atoms with Crippen molar-refractivity contribution in [2.24, 2.45) is 0 Å². The van der Waals surface area contributed by atoms with Gasteiger partial charge in [-0.25, -0.2) is 0 Å². The van der Waals surface area contributed by atoms with Crippen LogP contribution in [0.2, 0.25) is 0 Å². The molecule has 1 saturated heterocycles. The highest BCUT2D eigenvalue weighted by Gasteiger charge is 1.92. The third-order valence-electron chi connectivity index (χ3n) is 0.707. The minimum Gasteiger partial charge on any atom is -0.317 e. The Balaban J connectivity index is 0. The normalized spacial score (nSPS) is 16.0. The molecule has 0 aromatic carbocycles. The Kier molecular flexibility index (Phi) is 7.73. The van der Waals surface area contributed by atoms with Crippen molar-refractivity contribution < 1.29 is 0 Å². The largest absolute Gasteiger partial charge is 0.317 e. The molecule has 1 aliphatic heterocycles. The third-order valence-corrected chi connectivity index (χ3v) is 0.707. The molecule has 0 amide bonds. The van der Waals surface area contributed by atoms with E-state index in [1.807, 2.05) is 0 Å². The highest BCUT2D eigenvalue weighted by Crippen LogP contribution is 1.80. The zero-order chi connectivity index (χ0) is 2.83. The summed E-state index contributed by atoms with van der Waals surface area (Å²) in [6.45, 7) is 2.50. The molecule has 1 rings (SSSR count). The molecule has 0 atom stereocenters. The molecular formula is C5H15N. The molecule has 6 heavy (non-hydrogen) atoms. The van der Waals surface area contributed by atoms with E-state index in [9.17, 15) is 0 Å². The topological polar surface area (TPSA) is 12.0 Å². The van der Waals surface area contributed by atoms with Crippen LogP contribution >= 0.6 is 0 Å². The van der Waals surface area contributed by atoms with E-state index < -0.39 is 0 Å². The quantitative estimate of drug-likeness (QED) is 0.471. The van der Waals surface area contributed by atoms with E-state index in [-0.39, 0.29) is 14.9 Å². The number of rotatable bonds is 0. The maximum absolute atomic E-state index is 3.11. The van der Waals surface area contributed by atoms with Crippen molar-refractivity contribution >= 4 is 0 Å². The second-order valence-corrected chi connectivity index (χ2v) is 1.10. The van der Waals surface area contributed by atoms with Crippen LogP contribution in [0.25, 0.3) is 0 Å². The maximum atomic E-state index is 3.11. The lowest BCUT2D eigenvalue weighted by atomic mass is 10.3. The fourth-order valence-corrected chi connectivity index (χ4v) is 0.177. The first-order valence-electron chi connectivity index (χ1n) is 1.71. The second kappa shape index (κ2) is 4.96. The van der Waals surface area contributed by atoms with Gasteiger partial charge in [0.25, 0.3) is 0 Å². The minimum absolute atomic E-state index is 0. The van der Waals surface area contributed by atoms with Crippen LogP contribution in [0.4, 0.5) is 0 Å². The molecule has 1 nitrogen and oxygen atoms in total. The van der Waals surface area contributed by atoms with Crippen LogP contribution in [0, 0.1) is 0 Å². The van der Waals surface area contributed by atoms with E-state index in [0.29, 0.717) is 0 Å². The SMILES string of the molecule is C.C.C1CNC1. The molecule has 1 N–H and O–H groups in total. The molecule has 1 heteroatoms. The van der Waals surface area contributed by atoms with Crippen LogP contribution in [0.15, 0.2) is 0 Å². The molecule has 0 saturated carbocycles. The van der Waals surface area contributed by atoms with E-state index >= 15 is 0 Å². The average molecular weight is 89.2 g/mol. The highest BCUT2D eigenvalue weighted by atomic mass is 14.9.